The second-order valence-electron chi connectivity index (χ2n) is 7.33. The molecule has 1 unspecified atom stereocenters. The predicted octanol–water partition coefficient (Wildman–Crippen LogP) is 2.73. The molecule has 0 radical (unpaired) electrons. The van der Waals surface area contributed by atoms with E-state index in [0.29, 0.717) is 16.9 Å². The number of amides is 1. The van der Waals surface area contributed by atoms with Crippen molar-refractivity contribution in [2.45, 2.75) is 12.6 Å². The van der Waals surface area contributed by atoms with Crippen LogP contribution < -0.4 is 15.7 Å². The van der Waals surface area contributed by atoms with Crippen LogP contribution in [0.25, 0.3) is 11.0 Å². The lowest BCUT2D eigenvalue weighted by Crippen LogP contribution is -2.32. The van der Waals surface area contributed by atoms with Gasteiger partial charge >= 0.3 is 11.6 Å². The number of carbonyl (C=O) groups is 2. The fourth-order valence-corrected chi connectivity index (χ4v) is 3.35. The molecule has 0 fully saturated rings. The third kappa shape index (κ3) is 4.88. The van der Waals surface area contributed by atoms with Gasteiger partial charge in [0.2, 0.25) is 6.10 Å². The average Bonchev–Trinajstić information content (AvgIpc) is 3.36. The molecule has 35 heavy (non-hydrogen) atoms. The average molecular weight is 481 g/mol. The number of phenolic OH excluding ortho intramolecular Hbond substituents is 3. The Morgan fingerprint density at radius 1 is 1.06 bits per heavy atom. The van der Waals surface area contributed by atoms with Crippen molar-refractivity contribution in [1.82, 2.24) is 5.32 Å². The van der Waals surface area contributed by atoms with Crippen molar-refractivity contribution in [2.75, 3.05) is 7.11 Å². The van der Waals surface area contributed by atoms with E-state index in [1.165, 1.54) is 25.5 Å². The van der Waals surface area contributed by atoms with Crippen molar-refractivity contribution >= 4 is 22.8 Å². The Balaban J connectivity index is 1.75. The SMILES string of the molecule is COc1ccc2c(C(OC(=O)c3cc(O)c(O)c(O)c3)C(=O)NCc3ccco3)cc(=O)oc2c1. The molecule has 0 aliphatic carbocycles. The van der Waals surface area contributed by atoms with E-state index in [1.54, 1.807) is 18.2 Å². The van der Waals surface area contributed by atoms with Gasteiger partial charge in [-0.25, -0.2) is 9.59 Å². The standard InChI is InChI=1S/C24H19NO10/c1-32-13-4-5-15-16(10-20(28)34-19(15)9-13)22(23(30)25-11-14-3-2-6-33-14)35-24(31)12-7-17(26)21(29)18(27)8-12/h2-10,22,26-27,29H,11H2,1H3,(H,25,30). The number of ether oxygens (including phenoxy) is 2. The van der Waals surface area contributed by atoms with Crippen molar-refractivity contribution in [3.63, 3.8) is 0 Å². The zero-order chi connectivity index (χ0) is 25.1. The number of aromatic hydroxyl groups is 3. The molecular formula is C24H19NO10. The minimum absolute atomic E-state index is 0.0245. The van der Waals surface area contributed by atoms with Crippen LogP contribution in [0.1, 0.15) is 27.8 Å². The number of methoxy groups -OCH3 is 1. The lowest BCUT2D eigenvalue weighted by atomic mass is 10.0. The van der Waals surface area contributed by atoms with E-state index < -0.39 is 40.9 Å². The molecule has 0 spiro atoms. The Morgan fingerprint density at radius 3 is 2.46 bits per heavy atom. The van der Waals surface area contributed by atoms with E-state index in [2.05, 4.69) is 5.32 Å². The fourth-order valence-electron chi connectivity index (χ4n) is 3.35. The van der Waals surface area contributed by atoms with Crippen LogP contribution in [0.2, 0.25) is 0 Å². The number of furan rings is 1. The Morgan fingerprint density at radius 2 is 1.80 bits per heavy atom. The van der Waals surface area contributed by atoms with Crippen LogP contribution in [0.4, 0.5) is 0 Å². The fraction of sp³-hybridized carbons (Fsp3) is 0.125. The van der Waals surface area contributed by atoms with Crippen LogP contribution in [0.5, 0.6) is 23.0 Å². The highest BCUT2D eigenvalue weighted by atomic mass is 16.5. The first-order valence-corrected chi connectivity index (χ1v) is 10.1. The quantitative estimate of drug-likeness (QED) is 0.175. The maximum atomic E-state index is 13.1. The summed E-state index contributed by atoms with van der Waals surface area (Å²) in [4.78, 5) is 38.3. The van der Waals surface area contributed by atoms with E-state index in [1.807, 2.05) is 0 Å². The van der Waals surface area contributed by atoms with Gasteiger partial charge in [-0.3, -0.25) is 4.79 Å². The number of fused-ring (bicyclic) bond motifs is 1. The number of phenols is 3. The normalized spacial score (nSPS) is 11.7. The van der Waals surface area contributed by atoms with Gasteiger partial charge in [-0.15, -0.1) is 0 Å². The molecule has 1 atom stereocenters. The van der Waals surface area contributed by atoms with Crippen LogP contribution in [-0.2, 0) is 16.1 Å². The number of carbonyl (C=O) groups excluding carboxylic acids is 2. The topological polar surface area (TPSA) is 169 Å². The third-order valence-electron chi connectivity index (χ3n) is 5.05. The molecule has 0 saturated heterocycles. The Hall–Kier alpha value is -4.93. The largest absolute Gasteiger partial charge is 0.504 e. The third-order valence-corrected chi connectivity index (χ3v) is 5.05. The molecule has 11 nitrogen and oxygen atoms in total. The predicted molar refractivity (Wildman–Crippen MR) is 119 cm³/mol. The molecule has 0 bridgehead atoms. The maximum absolute atomic E-state index is 13.1. The minimum Gasteiger partial charge on any atom is -0.504 e. The molecule has 0 saturated carbocycles. The van der Waals surface area contributed by atoms with Crippen molar-refractivity contribution in [1.29, 1.82) is 0 Å². The summed E-state index contributed by atoms with van der Waals surface area (Å²) in [6.45, 7) is -0.0339. The first-order chi connectivity index (χ1) is 16.8. The summed E-state index contributed by atoms with van der Waals surface area (Å²) < 4.78 is 21.0. The van der Waals surface area contributed by atoms with Gasteiger partial charge in [-0.2, -0.15) is 0 Å². The summed E-state index contributed by atoms with van der Waals surface area (Å²) in [7, 11) is 1.43. The van der Waals surface area contributed by atoms with E-state index in [-0.39, 0.29) is 23.3 Å². The number of rotatable bonds is 7. The van der Waals surface area contributed by atoms with Gasteiger partial charge in [-0.05, 0) is 36.4 Å². The van der Waals surface area contributed by atoms with Gasteiger partial charge < -0.3 is 38.9 Å². The van der Waals surface area contributed by atoms with Crippen molar-refractivity contribution < 1.29 is 43.2 Å². The summed E-state index contributed by atoms with van der Waals surface area (Å²) in [5, 5.41) is 31.9. The molecule has 0 aliphatic heterocycles. The monoisotopic (exact) mass is 481 g/mol. The summed E-state index contributed by atoms with van der Waals surface area (Å²) >= 11 is 0. The number of benzene rings is 2. The lowest BCUT2D eigenvalue weighted by molar-refractivity contribution is -0.130. The van der Waals surface area contributed by atoms with Crippen LogP contribution in [0.3, 0.4) is 0 Å². The van der Waals surface area contributed by atoms with E-state index in [9.17, 15) is 29.7 Å². The molecule has 4 aromatic rings. The molecule has 0 aliphatic rings. The minimum atomic E-state index is -1.64. The number of esters is 1. The number of nitrogens with one attached hydrogen (secondary N) is 1. The molecule has 2 heterocycles. The molecule has 2 aromatic carbocycles. The van der Waals surface area contributed by atoms with Gasteiger partial charge in [0.05, 0.1) is 25.5 Å². The van der Waals surface area contributed by atoms with Crippen LogP contribution >= 0.6 is 0 Å². The molecule has 4 rings (SSSR count). The molecule has 180 valence electrons. The van der Waals surface area contributed by atoms with Crippen molar-refractivity contribution in [2.24, 2.45) is 0 Å². The van der Waals surface area contributed by atoms with Gasteiger partial charge in [0.15, 0.2) is 17.2 Å². The van der Waals surface area contributed by atoms with Crippen LogP contribution in [0.15, 0.2) is 68.4 Å². The van der Waals surface area contributed by atoms with E-state index in [0.717, 1.165) is 18.2 Å². The van der Waals surface area contributed by atoms with Gasteiger partial charge in [0.25, 0.3) is 5.91 Å². The van der Waals surface area contributed by atoms with Crippen molar-refractivity contribution in [3.05, 3.63) is 82.1 Å². The molecular weight excluding hydrogens is 462 g/mol. The Bertz CT molecular complexity index is 1430. The Kier molecular flexibility index (Phi) is 6.32. The van der Waals surface area contributed by atoms with Gasteiger partial charge in [-0.1, -0.05) is 0 Å². The van der Waals surface area contributed by atoms with Gasteiger partial charge in [0.1, 0.15) is 17.1 Å². The van der Waals surface area contributed by atoms with Crippen LogP contribution in [-0.4, -0.2) is 34.3 Å². The summed E-state index contributed by atoms with van der Waals surface area (Å²) in [6.07, 6.45) is -0.220. The summed E-state index contributed by atoms with van der Waals surface area (Å²) in [5.41, 5.74) is -1.04. The second kappa shape index (κ2) is 9.51. The summed E-state index contributed by atoms with van der Waals surface area (Å²) in [6, 6.07) is 10.5. The highest BCUT2D eigenvalue weighted by Crippen LogP contribution is 2.36. The lowest BCUT2D eigenvalue weighted by Gasteiger charge is -2.19. The highest BCUT2D eigenvalue weighted by Gasteiger charge is 2.29. The zero-order valence-corrected chi connectivity index (χ0v) is 18.2. The highest BCUT2D eigenvalue weighted by molar-refractivity contribution is 5.96. The number of hydrogen-bond donors (Lipinski definition) is 4. The van der Waals surface area contributed by atoms with Crippen LogP contribution in [0, 0.1) is 0 Å². The first-order valence-electron chi connectivity index (χ1n) is 10.1. The molecule has 11 heteroatoms. The van der Waals surface area contributed by atoms with Crippen molar-refractivity contribution in [3.8, 4) is 23.0 Å². The molecule has 2 aromatic heterocycles. The van der Waals surface area contributed by atoms with E-state index >= 15 is 0 Å². The molecule has 1 amide bonds. The second-order valence-corrected chi connectivity index (χ2v) is 7.33. The maximum Gasteiger partial charge on any atom is 0.339 e. The first kappa shape index (κ1) is 23.2. The van der Waals surface area contributed by atoms with Gasteiger partial charge in [0, 0.05) is 23.1 Å². The zero-order valence-electron chi connectivity index (χ0n) is 18.2. The van der Waals surface area contributed by atoms with E-state index in [4.69, 9.17) is 18.3 Å². The summed E-state index contributed by atoms with van der Waals surface area (Å²) in [5.74, 6) is -3.45. The Labute approximate surface area is 196 Å². The number of hydrogen-bond acceptors (Lipinski definition) is 10. The molecule has 4 N–H and O–H groups in total. The smallest absolute Gasteiger partial charge is 0.339 e.